The molecule has 0 aliphatic carbocycles. The second-order valence-corrected chi connectivity index (χ2v) is 4.55. The first-order valence-electron chi connectivity index (χ1n) is 5.93. The van der Waals surface area contributed by atoms with Crippen molar-refractivity contribution in [3.05, 3.63) is 0 Å². The predicted molar refractivity (Wildman–Crippen MR) is 69.6 cm³/mol. The number of carbonyl (C=O) groups excluding carboxylic acids is 2. The molecule has 0 aliphatic rings. The van der Waals surface area contributed by atoms with Crippen LogP contribution in [0.2, 0.25) is 0 Å². The lowest BCUT2D eigenvalue weighted by atomic mass is 10.2. The highest BCUT2D eigenvalue weighted by atomic mass is 32.2. The van der Waals surface area contributed by atoms with Gasteiger partial charge in [0, 0.05) is 18.8 Å². The van der Waals surface area contributed by atoms with Crippen molar-refractivity contribution >= 4 is 23.6 Å². The van der Waals surface area contributed by atoms with Gasteiger partial charge in [0.2, 0.25) is 11.8 Å². The van der Waals surface area contributed by atoms with E-state index in [4.69, 9.17) is 4.74 Å². The van der Waals surface area contributed by atoms with Crippen molar-refractivity contribution in [2.75, 3.05) is 24.7 Å². The Morgan fingerprint density at radius 3 is 2.53 bits per heavy atom. The van der Waals surface area contributed by atoms with Crippen LogP contribution < -0.4 is 10.9 Å². The van der Waals surface area contributed by atoms with E-state index in [1.54, 1.807) is 0 Å². The molecule has 2 N–H and O–H groups in total. The highest BCUT2D eigenvalue weighted by Crippen LogP contribution is 1.98. The Bertz CT molecular complexity index is 225. The minimum absolute atomic E-state index is 0.139. The van der Waals surface area contributed by atoms with E-state index in [1.807, 2.05) is 13.8 Å². The van der Waals surface area contributed by atoms with E-state index >= 15 is 0 Å². The van der Waals surface area contributed by atoms with Crippen LogP contribution >= 0.6 is 11.8 Å². The molecule has 6 heteroatoms. The van der Waals surface area contributed by atoms with Crippen molar-refractivity contribution < 1.29 is 14.3 Å². The predicted octanol–water partition coefficient (Wildman–Crippen LogP) is 1.09. The van der Waals surface area contributed by atoms with Gasteiger partial charge in [0.15, 0.2) is 0 Å². The minimum Gasteiger partial charge on any atom is -0.381 e. The van der Waals surface area contributed by atoms with Crippen LogP contribution in [0.4, 0.5) is 0 Å². The number of nitrogens with one attached hydrogen (secondary N) is 2. The van der Waals surface area contributed by atoms with Gasteiger partial charge < -0.3 is 4.74 Å². The summed E-state index contributed by atoms with van der Waals surface area (Å²) < 4.78 is 5.14. The van der Waals surface area contributed by atoms with Crippen molar-refractivity contribution in [1.29, 1.82) is 0 Å². The Balaban J connectivity index is 3.36. The van der Waals surface area contributed by atoms with Gasteiger partial charge >= 0.3 is 0 Å². The molecule has 0 aromatic rings. The molecule has 17 heavy (non-hydrogen) atoms. The lowest BCUT2D eigenvalue weighted by Crippen LogP contribution is -2.42. The van der Waals surface area contributed by atoms with Gasteiger partial charge in [-0.1, -0.05) is 13.3 Å². The Hall–Kier alpha value is -0.750. The SMILES string of the molecule is CCCCC(=O)NNC(=O)CSCCOCC. The van der Waals surface area contributed by atoms with E-state index in [1.165, 1.54) is 11.8 Å². The highest BCUT2D eigenvalue weighted by molar-refractivity contribution is 7.99. The van der Waals surface area contributed by atoms with Crippen LogP contribution in [0.3, 0.4) is 0 Å². The van der Waals surface area contributed by atoms with Crippen molar-refractivity contribution in [2.45, 2.75) is 33.1 Å². The van der Waals surface area contributed by atoms with Gasteiger partial charge in [0.1, 0.15) is 0 Å². The monoisotopic (exact) mass is 262 g/mol. The number of ether oxygens (including phenoxy) is 1. The van der Waals surface area contributed by atoms with E-state index in [2.05, 4.69) is 10.9 Å². The first-order chi connectivity index (χ1) is 8.20. The molecule has 0 heterocycles. The molecule has 0 fully saturated rings. The van der Waals surface area contributed by atoms with Crippen LogP contribution in [0.5, 0.6) is 0 Å². The molecule has 5 nitrogen and oxygen atoms in total. The third-order valence-electron chi connectivity index (χ3n) is 1.91. The van der Waals surface area contributed by atoms with E-state index in [0.29, 0.717) is 25.4 Å². The normalized spacial score (nSPS) is 10.0. The van der Waals surface area contributed by atoms with Gasteiger partial charge in [-0.05, 0) is 13.3 Å². The van der Waals surface area contributed by atoms with E-state index in [9.17, 15) is 9.59 Å². The first kappa shape index (κ1) is 16.2. The topological polar surface area (TPSA) is 67.4 Å². The fourth-order valence-electron chi connectivity index (χ4n) is 1.00. The summed E-state index contributed by atoms with van der Waals surface area (Å²) >= 11 is 1.48. The molecule has 0 aliphatic heterocycles. The Morgan fingerprint density at radius 2 is 1.88 bits per heavy atom. The number of thioether (sulfide) groups is 1. The second kappa shape index (κ2) is 11.7. The van der Waals surface area contributed by atoms with Crippen LogP contribution in [0.15, 0.2) is 0 Å². The molecule has 0 atom stereocenters. The summed E-state index contributed by atoms with van der Waals surface area (Å²) in [6, 6.07) is 0. The molecule has 0 radical (unpaired) electrons. The zero-order chi connectivity index (χ0) is 12.9. The van der Waals surface area contributed by atoms with Gasteiger partial charge in [-0.15, -0.1) is 11.8 Å². The van der Waals surface area contributed by atoms with Crippen molar-refractivity contribution in [3.8, 4) is 0 Å². The van der Waals surface area contributed by atoms with Crippen LogP contribution in [0.1, 0.15) is 33.1 Å². The summed E-state index contributed by atoms with van der Waals surface area (Å²) in [5.74, 6) is 0.794. The van der Waals surface area contributed by atoms with Gasteiger partial charge in [-0.3, -0.25) is 20.4 Å². The largest absolute Gasteiger partial charge is 0.381 e. The van der Waals surface area contributed by atoms with Crippen molar-refractivity contribution in [1.82, 2.24) is 10.9 Å². The smallest absolute Gasteiger partial charge is 0.248 e. The fraction of sp³-hybridized carbons (Fsp3) is 0.818. The fourth-order valence-corrected chi connectivity index (χ4v) is 1.64. The maximum absolute atomic E-state index is 11.3. The van der Waals surface area contributed by atoms with Crippen LogP contribution in [0, 0.1) is 0 Å². The molecule has 0 spiro atoms. The van der Waals surface area contributed by atoms with Crippen LogP contribution in [0.25, 0.3) is 0 Å². The van der Waals surface area contributed by atoms with E-state index in [-0.39, 0.29) is 11.8 Å². The second-order valence-electron chi connectivity index (χ2n) is 3.45. The molecular weight excluding hydrogens is 240 g/mol. The van der Waals surface area contributed by atoms with Gasteiger partial charge in [-0.2, -0.15) is 0 Å². The number of hydrogen-bond donors (Lipinski definition) is 2. The Kier molecular flexibility index (Phi) is 11.2. The third-order valence-corrected chi connectivity index (χ3v) is 2.83. The number of unbranched alkanes of at least 4 members (excludes halogenated alkanes) is 1. The highest BCUT2D eigenvalue weighted by Gasteiger charge is 2.03. The maximum atomic E-state index is 11.3. The molecule has 0 saturated carbocycles. The zero-order valence-electron chi connectivity index (χ0n) is 10.6. The quantitative estimate of drug-likeness (QED) is 0.482. The number of carbonyl (C=O) groups is 2. The van der Waals surface area contributed by atoms with E-state index in [0.717, 1.165) is 18.6 Å². The molecule has 2 amide bonds. The number of amides is 2. The molecule has 100 valence electrons. The summed E-state index contributed by atoms with van der Waals surface area (Å²) in [6.07, 6.45) is 2.26. The molecule has 0 saturated heterocycles. The number of hydrazine groups is 1. The third kappa shape index (κ3) is 11.5. The Labute approximate surface area is 107 Å². The zero-order valence-corrected chi connectivity index (χ0v) is 11.4. The van der Waals surface area contributed by atoms with Gasteiger partial charge in [0.05, 0.1) is 12.4 Å². The lowest BCUT2D eigenvalue weighted by Gasteiger charge is -2.06. The summed E-state index contributed by atoms with van der Waals surface area (Å²) in [6.45, 7) is 5.29. The molecule has 0 rings (SSSR count). The van der Waals surface area contributed by atoms with Crippen LogP contribution in [-0.2, 0) is 14.3 Å². The summed E-state index contributed by atoms with van der Waals surface area (Å²) in [7, 11) is 0. The molecule has 0 unspecified atom stereocenters. The molecular formula is C11H22N2O3S. The number of hydrogen-bond acceptors (Lipinski definition) is 4. The standard InChI is InChI=1S/C11H22N2O3S/c1-3-5-6-10(14)12-13-11(15)9-17-8-7-16-4-2/h3-9H2,1-2H3,(H,12,14)(H,13,15). The van der Waals surface area contributed by atoms with Crippen molar-refractivity contribution in [3.63, 3.8) is 0 Å². The average Bonchev–Trinajstić information content (AvgIpc) is 2.33. The average molecular weight is 262 g/mol. The summed E-state index contributed by atoms with van der Waals surface area (Å²) in [4.78, 5) is 22.4. The van der Waals surface area contributed by atoms with Gasteiger partial charge in [0.25, 0.3) is 0 Å². The van der Waals surface area contributed by atoms with Gasteiger partial charge in [-0.25, -0.2) is 0 Å². The molecule has 0 aromatic heterocycles. The van der Waals surface area contributed by atoms with Crippen LogP contribution in [-0.4, -0.2) is 36.5 Å². The lowest BCUT2D eigenvalue weighted by molar-refractivity contribution is -0.127. The summed E-state index contributed by atoms with van der Waals surface area (Å²) in [5, 5.41) is 0. The summed E-state index contributed by atoms with van der Waals surface area (Å²) in [5.41, 5.74) is 4.77. The molecule has 0 aromatic carbocycles. The minimum atomic E-state index is -0.184. The van der Waals surface area contributed by atoms with Crippen molar-refractivity contribution in [2.24, 2.45) is 0 Å². The molecule has 0 bridgehead atoms. The first-order valence-corrected chi connectivity index (χ1v) is 7.09. The maximum Gasteiger partial charge on any atom is 0.248 e. The Morgan fingerprint density at radius 1 is 1.18 bits per heavy atom. The number of rotatable bonds is 9. The van der Waals surface area contributed by atoms with E-state index < -0.39 is 0 Å².